The van der Waals surface area contributed by atoms with E-state index in [0.29, 0.717) is 5.69 Å². The van der Waals surface area contributed by atoms with Gasteiger partial charge in [0.15, 0.2) is 0 Å². The first-order valence-corrected chi connectivity index (χ1v) is 5.94. The van der Waals surface area contributed by atoms with Gasteiger partial charge >= 0.3 is 0 Å². The molecule has 0 bridgehead atoms. The summed E-state index contributed by atoms with van der Waals surface area (Å²) in [4.78, 5) is 0. The van der Waals surface area contributed by atoms with Crippen LogP contribution >= 0.6 is 0 Å². The maximum Gasteiger partial charge on any atom is 0.146 e. The zero-order chi connectivity index (χ0) is 13.1. The number of nitrogens with zero attached hydrogens (tertiary/aromatic N) is 2. The molecule has 3 aromatic rings. The average Bonchev–Trinajstić information content (AvgIpc) is 2.91. The number of benzene rings is 2. The highest BCUT2D eigenvalue weighted by atomic mass is 19.1. The van der Waals surface area contributed by atoms with Gasteiger partial charge in [-0.05, 0) is 24.3 Å². The number of aromatic nitrogens is 2. The maximum atomic E-state index is 13.5. The molecular weight excluding hydrogens is 241 g/mol. The normalized spacial score (nSPS) is 10.4. The second kappa shape index (κ2) is 4.94. The topological polar surface area (TPSA) is 29.9 Å². The largest absolute Gasteiger partial charge is 0.351 e. The van der Waals surface area contributed by atoms with Crippen molar-refractivity contribution in [1.82, 2.24) is 9.78 Å². The van der Waals surface area contributed by atoms with Crippen LogP contribution in [0.2, 0.25) is 0 Å². The zero-order valence-electron chi connectivity index (χ0n) is 10.1. The summed E-state index contributed by atoms with van der Waals surface area (Å²) in [5.41, 5.74) is 2.15. The van der Waals surface area contributed by atoms with Crippen molar-refractivity contribution < 1.29 is 4.39 Å². The summed E-state index contributed by atoms with van der Waals surface area (Å²) < 4.78 is 15.3. The van der Waals surface area contributed by atoms with Crippen LogP contribution < -0.4 is 5.32 Å². The molecule has 0 aliphatic heterocycles. The average molecular weight is 253 g/mol. The fraction of sp³-hybridized carbons (Fsp3) is 0. The molecule has 3 nitrogen and oxygen atoms in total. The van der Waals surface area contributed by atoms with Crippen LogP contribution in [0.3, 0.4) is 0 Å². The van der Waals surface area contributed by atoms with E-state index >= 15 is 0 Å². The molecule has 0 saturated carbocycles. The molecule has 0 atom stereocenters. The standard InChI is InChI=1S/C15H12FN3/c16-14-8-4-5-9-15(14)18-12-10-17-19(11-12)13-6-2-1-3-7-13/h1-11,18H. The first-order valence-electron chi connectivity index (χ1n) is 5.94. The quantitative estimate of drug-likeness (QED) is 0.770. The van der Waals surface area contributed by atoms with E-state index in [0.717, 1.165) is 11.4 Å². The lowest BCUT2D eigenvalue weighted by molar-refractivity contribution is 0.632. The van der Waals surface area contributed by atoms with Crippen molar-refractivity contribution in [2.45, 2.75) is 0 Å². The van der Waals surface area contributed by atoms with Gasteiger partial charge in [0.05, 0.1) is 29.5 Å². The summed E-state index contributed by atoms with van der Waals surface area (Å²) in [7, 11) is 0. The molecule has 0 amide bonds. The highest BCUT2D eigenvalue weighted by Gasteiger charge is 2.03. The van der Waals surface area contributed by atoms with Crippen LogP contribution in [-0.4, -0.2) is 9.78 Å². The van der Waals surface area contributed by atoms with Gasteiger partial charge < -0.3 is 5.32 Å². The number of hydrogen-bond acceptors (Lipinski definition) is 2. The van der Waals surface area contributed by atoms with Crippen LogP contribution in [0, 0.1) is 5.82 Å². The van der Waals surface area contributed by atoms with Crippen molar-refractivity contribution in [3.8, 4) is 5.69 Å². The molecule has 0 radical (unpaired) electrons. The van der Waals surface area contributed by atoms with Crippen molar-refractivity contribution >= 4 is 11.4 Å². The SMILES string of the molecule is Fc1ccccc1Nc1cnn(-c2ccccc2)c1. The maximum absolute atomic E-state index is 13.5. The third kappa shape index (κ3) is 2.47. The van der Waals surface area contributed by atoms with Crippen LogP contribution in [0.1, 0.15) is 0 Å². The van der Waals surface area contributed by atoms with Crippen molar-refractivity contribution in [1.29, 1.82) is 0 Å². The van der Waals surface area contributed by atoms with E-state index in [4.69, 9.17) is 0 Å². The summed E-state index contributed by atoms with van der Waals surface area (Å²) in [5, 5.41) is 7.25. The summed E-state index contributed by atoms with van der Waals surface area (Å²) in [6.45, 7) is 0. The number of rotatable bonds is 3. The van der Waals surface area contributed by atoms with Crippen LogP contribution in [-0.2, 0) is 0 Å². The Bertz CT molecular complexity index is 677. The van der Waals surface area contributed by atoms with Gasteiger partial charge in [-0.2, -0.15) is 5.10 Å². The predicted molar refractivity (Wildman–Crippen MR) is 73.2 cm³/mol. The molecule has 0 fully saturated rings. The number of anilines is 2. The fourth-order valence-electron chi connectivity index (χ4n) is 1.83. The number of halogens is 1. The van der Waals surface area contributed by atoms with E-state index in [1.165, 1.54) is 6.07 Å². The minimum Gasteiger partial charge on any atom is -0.351 e. The smallest absolute Gasteiger partial charge is 0.146 e. The Hall–Kier alpha value is -2.62. The molecular formula is C15H12FN3. The summed E-state index contributed by atoms with van der Waals surface area (Å²) in [6, 6.07) is 16.3. The zero-order valence-corrected chi connectivity index (χ0v) is 10.1. The molecule has 1 heterocycles. The Labute approximate surface area is 110 Å². The van der Waals surface area contributed by atoms with Gasteiger partial charge in [-0.15, -0.1) is 0 Å². The lowest BCUT2D eigenvalue weighted by Gasteiger charge is -2.04. The minimum absolute atomic E-state index is 0.282. The van der Waals surface area contributed by atoms with Gasteiger partial charge in [-0.1, -0.05) is 30.3 Å². The molecule has 94 valence electrons. The van der Waals surface area contributed by atoms with Crippen LogP contribution in [0.5, 0.6) is 0 Å². The molecule has 0 unspecified atom stereocenters. The van der Waals surface area contributed by atoms with Gasteiger partial charge in [0.2, 0.25) is 0 Å². The predicted octanol–water partition coefficient (Wildman–Crippen LogP) is 3.76. The summed E-state index contributed by atoms with van der Waals surface area (Å²) in [5.74, 6) is -0.282. The first kappa shape index (κ1) is 11.5. The highest BCUT2D eigenvalue weighted by molar-refractivity contribution is 5.59. The number of hydrogen-bond donors (Lipinski definition) is 1. The Morgan fingerprint density at radius 3 is 2.47 bits per heavy atom. The first-order chi connectivity index (χ1) is 9.33. The van der Waals surface area contributed by atoms with Gasteiger partial charge in [0.25, 0.3) is 0 Å². The minimum atomic E-state index is -0.282. The third-order valence-corrected chi connectivity index (χ3v) is 2.76. The monoisotopic (exact) mass is 253 g/mol. The van der Waals surface area contributed by atoms with Crippen molar-refractivity contribution in [3.05, 3.63) is 72.8 Å². The summed E-state index contributed by atoms with van der Waals surface area (Å²) in [6.07, 6.45) is 3.49. The molecule has 0 spiro atoms. The van der Waals surface area contributed by atoms with E-state index in [1.54, 1.807) is 29.1 Å². The van der Waals surface area contributed by atoms with Gasteiger partial charge in [0, 0.05) is 0 Å². The van der Waals surface area contributed by atoms with E-state index in [9.17, 15) is 4.39 Å². The molecule has 0 saturated heterocycles. The summed E-state index contributed by atoms with van der Waals surface area (Å²) >= 11 is 0. The van der Waals surface area contributed by atoms with E-state index in [1.807, 2.05) is 36.5 Å². The second-order valence-electron chi connectivity index (χ2n) is 4.11. The van der Waals surface area contributed by atoms with Crippen molar-refractivity contribution in [2.75, 3.05) is 5.32 Å². The molecule has 1 aromatic heterocycles. The molecule has 0 aliphatic rings. The highest BCUT2D eigenvalue weighted by Crippen LogP contribution is 2.19. The lowest BCUT2D eigenvalue weighted by atomic mass is 10.3. The van der Waals surface area contributed by atoms with E-state index < -0.39 is 0 Å². The fourth-order valence-corrected chi connectivity index (χ4v) is 1.83. The molecule has 1 N–H and O–H groups in total. The number of nitrogens with one attached hydrogen (secondary N) is 1. The molecule has 19 heavy (non-hydrogen) atoms. The van der Waals surface area contributed by atoms with Crippen LogP contribution in [0.15, 0.2) is 67.0 Å². The lowest BCUT2D eigenvalue weighted by Crippen LogP contribution is -1.94. The molecule has 4 heteroatoms. The van der Waals surface area contributed by atoms with Gasteiger partial charge in [0.1, 0.15) is 5.82 Å². The Morgan fingerprint density at radius 2 is 1.68 bits per heavy atom. The molecule has 2 aromatic carbocycles. The number of para-hydroxylation sites is 2. The van der Waals surface area contributed by atoms with Crippen LogP contribution in [0.4, 0.5) is 15.8 Å². The van der Waals surface area contributed by atoms with Gasteiger partial charge in [-0.25, -0.2) is 9.07 Å². The molecule has 3 rings (SSSR count). The van der Waals surface area contributed by atoms with Gasteiger partial charge in [-0.3, -0.25) is 0 Å². The second-order valence-corrected chi connectivity index (χ2v) is 4.11. The Balaban J connectivity index is 1.85. The van der Waals surface area contributed by atoms with E-state index in [2.05, 4.69) is 10.4 Å². The third-order valence-electron chi connectivity index (χ3n) is 2.76. The Morgan fingerprint density at radius 1 is 0.947 bits per heavy atom. The van der Waals surface area contributed by atoms with Crippen molar-refractivity contribution in [2.24, 2.45) is 0 Å². The Kier molecular flexibility index (Phi) is 2.98. The van der Waals surface area contributed by atoms with Crippen LogP contribution in [0.25, 0.3) is 5.69 Å². The molecule has 0 aliphatic carbocycles. The van der Waals surface area contributed by atoms with Crippen molar-refractivity contribution in [3.63, 3.8) is 0 Å². The van der Waals surface area contributed by atoms with E-state index in [-0.39, 0.29) is 5.82 Å².